The lowest BCUT2D eigenvalue weighted by Crippen LogP contribution is -2.57. The van der Waals surface area contributed by atoms with Gasteiger partial charge in [0.1, 0.15) is 12.1 Å². The zero-order valence-corrected chi connectivity index (χ0v) is 28.0. The quantitative estimate of drug-likeness (QED) is 0.168. The summed E-state index contributed by atoms with van der Waals surface area (Å²) < 4.78 is 5.39. The molecule has 0 aromatic heterocycles. The van der Waals surface area contributed by atoms with E-state index in [0.717, 1.165) is 34.3 Å². The lowest BCUT2D eigenvalue weighted by molar-refractivity contribution is -0.140. The molecule has 260 valence electrons. The van der Waals surface area contributed by atoms with Crippen molar-refractivity contribution in [3.63, 3.8) is 0 Å². The van der Waals surface area contributed by atoms with Crippen LogP contribution in [0.4, 0.5) is 0 Å². The maximum atomic E-state index is 13.8. The van der Waals surface area contributed by atoms with Gasteiger partial charge in [0.15, 0.2) is 0 Å². The number of imide groups is 1. The number of carbonyl (C=O) groups excluding carboxylic acids is 4. The second-order valence-electron chi connectivity index (χ2n) is 13.0. The average Bonchev–Trinajstić information content (AvgIpc) is 3.32. The molecule has 3 atom stereocenters. The van der Waals surface area contributed by atoms with Gasteiger partial charge in [0.25, 0.3) is 11.8 Å². The summed E-state index contributed by atoms with van der Waals surface area (Å²) >= 11 is 0. The summed E-state index contributed by atoms with van der Waals surface area (Å²) in [6.45, 7) is 7.63. The minimum Gasteiger partial charge on any atom is -0.480 e. The van der Waals surface area contributed by atoms with Crippen molar-refractivity contribution in [3.05, 3.63) is 83.4 Å². The molecular weight excluding hydrogens is 626 g/mol. The van der Waals surface area contributed by atoms with Crippen LogP contribution in [-0.4, -0.2) is 109 Å². The normalized spacial score (nSPS) is 16.8. The molecule has 0 bridgehead atoms. The van der Waals surface area contributed by atoms with Crippen molar-refractivity contribution in [1.29, 1.82) is 0 Å². The van der Waals surface area contributed by atoms with Crippen molar-refractivity contribution in [2.45, 2.75) is 51.2 Å². The van der Waals surface area contributed by atoms with Gasteiger partial charge in [-0.05, 0) is 47.2 Å². The van der Waals surface area contributed by atoms with Crippen LogP contribution in [0.5, 0.6) is 0 Å². The lowest BCUT2D eigenvalue weighted by atomic mass is 9.99. The van der Waals surface area contributed by atoms with Gasteiger partial charge >= 0.3 is 5.97 Å². The van der Waals surface area contributed by atoms with Gasteiger partial charge in [-0.25, -0.2) is 0 Å². The lowest BCUT2D eigenvalue weighted by Gasteiger charge is -2.28. The Hall–Kier alpha value is -4.65. The van der Waals surface area contributed by atoms with Crippen LogP contribution in [0.2, 0.25) is 0 Å². The summed E-state index contributed by atoms with van der Waals surface area (Å²) in [4.78, 5) is 69.4. The molecule has 1 fully saturated rings. The summed E-state index contributed by atoms with van der Waals surface area (Å²) in [6, 6.07) is 17.1. The first-order valence-electron chi connectivity index (χ1n) is 16.9. The topological polar surface area (TPSA) is 157 Å². The minimum atomic E-state index is -1.24. The minimum absolute atomic E-state index is 0.0120. The molecule has 3 aromatic rings. The van der Waals surface area contributed by atoms with Crippen LogP contribution >= 0.6 is 0 Å². The van der Waals surface area contributed by atoms with E-state index in [1.54, 1.807) is 12.1 Å². The fraction of sp³-hybridized carbons (Fsp3) is 0.432. The van der Waals surface area contributed by atoms with Gasteiger partial charge in [0, 0.05) is 39.1 Å². The van der Waals surface area contributed by atoms with Crippen LogP contribution in [-0.2, 0) is 25.5 Å². The second-order valence-corrected chi connectivity index (χ2v) is 13.0. The largest absolute Gasteiger partial charge is 0.480 e. The monoisotopic (exact) mass is 671 g/mol. The summed E-state index contributed by atoms with van der Waals surface area (Å²) in [7, 11) is 0. The number of nitrogens with one attached hydrogen (secondary N) is 3. The fourth-order valence-electron chi connectivity index (χ4n) is 6.30. The number of fused-ring (bicyclic) bond motifs is 2. The van der Waals surface area contributed by atoms with Gasteiger partial charge < -0.3 is 20.5 Å². The molecule has 5 rings (SSSR count). The van der Waals surface area contributed by atoms with Crippen molar-refractivity contribution >= 4 is 40.4 Å². The SMILES string of the molecule is CC(C)C[C@H](N[C@H](CCN1C(=O)c2cc3ccccc3cc2C1=O)C(=O)O)C(=O)N[C@@H](Cc1ccccc1)C(=O)NCCN1CCOCC1. The van der Waals surface area contributed by atoms with Crippen molar-refractivity contribution in [3.8, 4) is 0 Å². The number of aliphatic carboxylic acids is 1. The molecule has 0 unspecified atom stereocenters. The Morgan fingerprint density at radius 3 is 2.02 bits per heavy atom. The standard InChI is InChI=1S/C37H45N5O7/c1-24(2)20-31(34(44)40-32(21-25-8-4-3-5-9-25)33(43)38-13-15-41-16-18-49-19-17-41)39-30(37(47)48)12-14-42-35(45)28-22-26-10-6-7-11-27(26)23-29(28)36(42)46/h3-11,22-24,30-32,39H,12-21H2,1-2H3,(H,38,43)(H,40,44)(H,47,48)/t30-,31+,32+/m1/s1. The molecule has 49 heavy (non-hydrogen) atoms. The molecule has 2 heterocycles. The maximum absolute atomic E-state index is 13.8. The molecule has 12 heteroatoms. The molecule has 1 saturated heterocycles. The number of benzene rings is 3. The molecule has 12 nitrogen and oxygen atoms in total. The van der Waals surface area contributed by atoms with Crippen molar-refractivity contribution in [2.24, 2.45) is 5.92 Å². The summed E-state index contributed by atoms with van der Waals surface area (Å²) in [6.07, 6.45) is 0.436. The number of rotatable bonds is 16. The smallest absolute Gasteiger partial charge is 0.320 e. The van der Waals surface area contributed by atoms with Crippen LogP contribution in [0.15, 0.2) is 66.7 Å². The van der Waals surface area contributed by atoms with E-state index in [2.05, 4.69) is 20.9 Å². The van der Waals surface area contributed by atoms with E-state index in [0.29, 0.717) is 32.7 Å². The summed E-state index contributed by atoms with van der Waals surface area (Å²) in [5.74, 6) is -2.99. The fourth-order valence-corrected chi connectivity index (χ4v) is 6.30. The first-order chi connectivity index (χ1) is 23.6. The molecular formula is C37H45N5O7. The van der Waals surface area contributed by atoms with E-state index < -0.39 is 41.8 Å². The van der Waals surface area contributed by atoms with E-state index in [-0.39, 0.29) is 42.3 Å². The Morgan fingerprint density at radius 2 is 1.43 bits per heavy atom. The number of carboxylic acid groups (broad SMARTS) is 1. The molecule has 0 spiro atoms. The van der Waals surface area contributed by atoms with Crippen LogP contribution < -0.4 is 16.0 Å². The highest BCUT2D eigenvalue weighted by Crippen LogP contribution is 2.28. The Morgan fingerprint density at radius 1 is 0.816 bits per heavy atom. The van der Waals surface area contributed by atoms with Gasteiger partial charge in [-0.2, -0.15) is 0 Å². The Bertz CT molecular complexity index is 1600. The summed E-state index contributed by atoms with van der Waals surface area (Å²) in [5.41, 5.74) is 1.43. The highest BCUT2D eigenvalue weighted by Gasteiger charge is 2.37. The third-order valence-corrected chi connectivity index (χ3v) is 8.95. The van der Waals surface area contributed by atoms with Crippen molar-refractivity contribution in [1.82, 2.24) is 25.8 Å². The zero-order valence-electron chi connectivity index (χ0n) is 28.0. The van der Waals surface area contributed by atoms with Gasteiger partial charge in [-0.15, -0.1) is 0 Å². The Labute approximate surface area is 286 Å². The third-order valence-electron chi connectivity index (χ3n) is 8.95. The average molecular weight is 672 g/mol. The maximum Gasteiger partial charge on any atom is 0.320 e. The number of hydrogen-bond acceptors (Lipinski definition) is 8. The predicted octanol–water partition coefficient (Wildman–Crippen LogP) is 2.46. The highest BCUT2D eigenvalue weighted by molar-refractivity contribution is 6.23. The van der Waals surface area contributed by atoms with E-state index in [1.807, 2.05) is 68.4 Å². The molecule has 0 saturated carbocycles. The number of morpholine rings is 1. The number of carbonyl (C=O) groups is 5. The first kappa shape index (κ1) is 35.7. The number of carboxylic acids is 1. The van der Waals surface area contributed by atoms with Gasteiger partial charge in [-0.1, -0.05) is 68.4 Å². The van der Waals surface area contributed by atoms with Gasteiger partial charge in [0.05, 0.1) is 30.4 Å². The number of hydrogen-bond donors (Lipinski definition) is 4. The van der Waals surface area contributed by atoms with E-state index in [1.165, 1.54) is 0 Å². The Kier molecular flexibility index (Phi) is 12.1. The number of nitrogens with zero attached hydrogens (tertiary/aromatic N) is 2. The van der Waals surface area contributed by atoms with E-state index in [9.17, 15) is 29.1 Å². The van der Waals surface area contributed by atoms with Gasteiger partial charge in [-0.3, -0.25) is 39.1 Å². The van der Waals surface area contributed by atoms with Crippen LogP contribution in [0, 0.1) is 5.92 Å². The van der Waals surface area contributed by atoms with Crippen molar-refractivity contribution in [2.75, 3.05) is 45.9 Å². The number of ether oxygens (including phenoxy) is 1. The molecule has 0 aliphatic carbocycles. The Balaban J connectivity index is 1.25. The molecule has 4 N–H and O–H groups in total. The van der Waals surface area contributed by atoms with Crippen molar-refractivity contribution < 1.29 is 33.8 Å². The van der Waals surface area contributed by atoms with Crippen LogP contribution in [0.25, 0.3) is 10.8 Å². The molecule has 4 amide bonds. The molecule has 3 aromatic carbocycles. The summed E-state index contributed by atoms with van der Waals surface area (Å²) in [5, 5.41) is 20.6. The van der Waals surface area contributed by atoms with E-state index in [4.69, 9.17) is 4.74 Å². The van der Waals surface area contributed by atoms with Crippen LogP contribution in [0.3, 0.4) is 0 Å². The molecule has 0 radical (unpaired) electrons. The predicted molar refractivity (Wildman–Crippen MR) is 184 cm³/mol. The van der Waals surface area contributed by atoms with Gasteiger partial charge in [0.2, 0.25) is 11.8 Å². The third kappa shape index (κ3) is 9.28. The number of amides is 4. The van der Waals surface area contributed by atoms with Crippen LogP contribution in [0.1, 0.15) is 53.0 Å². The van der Waals surface area contributed by atoms with E-state index >= 15 is 0 Å². The highest BCUT2D eigenvalue weighted by atomic mass is 16.5. The molecule has 2 aliphatic rings. The second kappa shape index (κ2) is 16.6. The zero-order chi connectivity index (χ0) is 34.9. The first-order valence-corrected chi connectivity index (χ1v) is 16.9. The molecule has 2 aliphatic heterocycles.